The van der Waals surface area contributed by atoms with Crippen molar-refractivity contribution in [3.8, 4) is 0 Å². The molecule has 0 aliphatic carbocycles. The Morgan fingerprint density at radius 2 is 2.17 bits per heavy atom. The molecule has 1 aromatic carbocycles. The van der Waals surface area contributed by atoms with Gasteiger partial charge in [0.05, 0.1) is 16.3 Å². The van der Waals surface area contributed by atoms with E-state index in [9.17, 15) is 0 Å². The molecule has 4 rings (SSSR count). The molecule has 0 radical (unpaired) electrons. The maximum absolute atomic E-state index is 5.34. The van der Waals surface area contributed by atoms with E-state index in [0.29, 0.717) is 5.89 Å². The third kappa shape index (κ3) is 3.49. The lowest BCUT2D eigenvalue weighted by Gasteiger charge is -2.30. The highest BCUT2D eigenvalue weighted by molar-refractivity contribution is 7.19. The molecule has 8 heteroatoms. The Balaban J connectivity index is 0.00000169. The summed E-state index contributed by atoms with van der Waals surface area (Å²) in [6.07, 6.45) is 3.75. The van der Waals surface area contributed by atoms with E-state index in [-0.39, 0.29) is 18.4 Å². The van der Waals surface area contributed by atoms with E-state index in [4.69, 9.17) is 4.52 Å². The molecule has 0 bridgehead atoms. The zero-order valence-electron chi connectivity index (χ0n) is 13.2. The van der Waals surface area contributed by atoms with Gasteiger partial charge in [-0.25, -0.2) is 4.98 Å². The van der Waals surface area contributed by atoms with E-state index in [1.165, 1.54) is 4.70 Å². The van der Waals surface area contributed by atoms with Crippen LogP contribution in [0.25, 0.3) is 22.4 Å². The minimum absolute atomic E-state index is 0. The van der Waals surface area contributed by atoms with Crippen LogP contribution < -0.4 is 5.32 Å². The first-order chi connectivity index (χ1) is 11.3. The van der Waals surface area contributed by atoms with E-state index in [0.717, 1.165) is 36.0 Å². The highest BCUT2D eigenvalue weighted by atomic mass is 35.5. The average molecular weight is 364 g/mol. The first-order valence-corrected chi connectivity index (χ1v) is 8.39. The molecule has 1 aliphatic rings. The molecule has 6 nitrogen and oxygen atoms in total. The van der Waals surface area contributed by atoms with E-state index in [2.05, 4.69) is 38.5 Å². The van der Waals surface area contributed by atoms with Crippen molar-refractivity contribution >= 4 is 46.1 Å². The fourth-order valence-corrected chi connectivity index (χ4v) is 3.52. The van der Waals surface area contributed by atoms with Gasteiger partial charge in [0.2, 0.25) is 0 Å². The Labute approximate surface area is 150 Å². The van der Waals surface area contributed by atoms with Gasteiger partial charge in [-0.2, -0.15) is 4.98 Å². The van der Waals surface area contributed by atoms with Crippen molar-refractivity contribution in [2.75, 3.05) is 26.7 Å². The van der Waals surface area contributed by atoms with Gasteiger partial charge in [0.25, 0.3) is 5.89 Å². The lowest BCUT2D eigenvalue weighted by Crippen LogP contribution is -2.44. The van der Waals surface area contributed by atoms with Crippen LogP contribution in [0.3, 0.4) is 0 Å². The standard InChI is InChI=1S/C16H17N5OS.ClH/c1-21-9-8-17-10-12(21)16-19-14(22-20-16)6-7-15-18-11-4-2-3-5-13(11)23-15;/h2-7,12,17H,8-10H2,1H3;1H/b7-6+;. The van der Waals surface area contributed by atoms with Gasteiger partial charge in [-0.1, -0.05) is 17.3 Å². The van der Waals surface area contributed by atoms with E-state index in [1.807, 2.05) is 30.4 Å². The summed E-state index contributed by atoms with van der Waals surface area (Å²) < 4.78 is 6.51. The summed E-state index contributed by atoms with van der Waals surface area (Å²) in [5.41, 5.74) is 1.01. The van der Waals surface area contributed by atoms with Crippen LogP contribution in [-0.4, -0.2) is 46.7 Å². The summed E-state index contributed by atoms with van der Waals surface area (Å²) in [6, 6.07) is 8.26. The fourth-order valence-electron chi connectivity index (χ4n) is 2.65. The van der Waals surface area contributed by atoms with Gasteiger partial charge in [0, 0.05) is 25.7 Å². The summed E-state index contributed by atoms with van der Waals surface area (Å²) in [4.78, 5) is 11.3. The van der Waals surface area contributed by atoms with Gasteiger partial charge in [-0.15, -0.1) is 23.7 Å². The van der Waals surface area contributed by atoms with Crippen molar-refractivity contribution in [2.24, 2.45) is 0 Å². The first-order valence-electron chi connectivity index (χ1n) is 7.58. The number of rotatable bonds is 3. The van der Waals surface area contributed by atoms with Gasteiger partial charge in [-0.05, 0) is 25.3 Å². The molecule has 0 saturated carbocycles. The monoisotopic (exact) mass is 363 g/mol. The maximum atomic E-state index is 5.34. The second-order valence-corrected chi connectivity index (χ2v) is 6.61. The number of nitrogens with zero attached hydrogens (tertiary/aromatic N) is 4. The van der Waals surface area contributed by atoms with Crippen molar-refractivity contribution < 1.29 is 4.52 Å². The lowest BCUT2D eigenvalue weighted by molar-refractivity contribution is 0.190. The quantitative estimate of drug-likeness (QED) is 0.771. The van der Waals surface area contributed by atoms with Crippen LogP contribution in [0.15, 0.2) is 28.8 Å². The molecule has 126 valence electrons. The van der Waals surface area contributed by atoms with Crippen molar-refractivity contribution in [1.82, 2.24) is 25.3 Å². The molecule has 3 aromatic rings. The number of hydrogen-bond acceptors (Lipinski definition) is 7. The molecule has 1 atom stereocenters. The molecule has 24 heavy (non-hydrogen) atoms. The van der Waals surface area contributed by atoms with Crippen molar-refractivity contribution in [3.63, 3.8) is 0 Å². The van der Waals surface area contributed by atoms with E-state index in [1.54, 1.807) is 11.3 Å². The topological polar surface area (TPSA) is 67.1 Å². The molecule has 1 unspecified atom stereocenters. The molecular formula is C16H18ClN5OS. The van der Waals surface area contributed by atoms with Crippen LogP contribution in [0.4, 0.5) is 0 Å². The molecular weight excluding hydrogens is 346 g/mol. The minimum Gasteiger partial charge on any atom is -0.335 e. The van der Waals surface area contributed by atoms with Crippen molar-refractivity contribution in [3.05, 3.63) is 41.0 Å². The number of para-hydroxylation sites is 1. The molecule has 2 aromatic heterocycles. The number of piperazine rings is 1. The third-order valence-corrected chi connectivity index (χ3v) is 4.95. The summed E-state index contributed by atoms with van der Waals surface area (Å²) in [5.74, 6) is 1.24. The first kappa shape index (κ1) is 17.0. The normalized spacial score (nSPS) is 19.0. The zero-order chi connectivity index (χ0) is 15.6. The molecule has 0 amide bonds. The molecule has 1 saturated heterocycles. The van der Waals surface area contributed by atoms with Crippen molar-refractivity contribution in [2.45, 2.75) is 6.04 Å². The average Bonchev–Trinajstić information content (AvgIpc) is 3.19. The summed E-state index contributed by atoms with van der Waals surface area (Å²) in [6.45, 7) is 2.82. The fraction of sp³-hybridized carbons (Fsp3) is 0.312. The van der Waals surface area contributed by atoms with Crippen LogP contribution in [0, 0.1) is 0 Å². The number of halogens is 1. The number of aromatic nitrogens is 3. The van der Waals surface area contributed by atoms with Crippen LogP contribution >= 0.6 is 23.7 Å². The number of benzene rings is 1. The van der Waals surface area contributed by atoms with Crippen LogP contribution in [0.5, 0.6) is 0 Å². The van der Waals surface area contributed by atoms with E-state index >= 15 is 0 Å². The molecule has 0 spiro atoms. The Morgan fingerprint density at radius 3 is 3.00 bits per heavy atom. The Kier molecular flexibility index (Phi) is 5.25. The second-order valence-electron chi connectivity index (χ2n) is 5.54. The highest BCUT2D eigenvalue weighted by Crippen LogP contribution is 2.23. The second kappa shape index (κ2) is 7.40. The van der Waals surface area contributed by atoms with Gasteiger partial charge in [-0.3, -0.25) is 4.90 Å². The number of fused-ring (bicyclic) bond motifs is 1. The molecule has 1 fully saturated rings. The number of likely N-dealkylation sites (N-methyl/N-ethyl adjacent to an activating group) is 1. The van der Waals surface area contributed by atoms with Crippen LogP contribution in [-0.2, 0) is 0 Å². The zero-order valence-corrected chi connectivity index (χ0v) is 14.8. The van der Waals surface area contributed by atoms with E-state index < -0.39 is 0 Å². The molecule has 1 aliphatic heterocycles. The number of thiazole rings is 1. The summed E-state index contributed by atoms with van der Waals surface area (Å²) >= 11 is 1.65. The molecule has 3 heterocycles. The SMILES string of the molecule is CN1CCNCC1c1noc(/C=C/c2nc3ccccc3s2)n1.Cl. The van der Waals surface area contributed by atoms with Gasteiger partial charge >= 0.3 is 0 Å². The van der Waals surface area contributed by atoms with Gasteiger partial charge in [0.15, 0.2) is 5.82 Å². The van der Waals surface area contributed by atoms with Gasteiger partial charge in [0.1, 0.15) is 5.01 Å². The van der Waals surface area contributed by atoms with Crippen molar-refractivity contribution in [1.29, 1.82) is 0 Å². The predicted octanol–water partition coefficient (Wildman–Crippen LogP) is 2.85. The Morgan fingerprint density at radius 1 is 1.29 bits per heavy atom. The highest BCUT2D eigenvalue weighted by Gasteiger charge is 2.24. The Hall–Kier alpha value is -1.80. The van der Waals surface area contributed by atoms with Gasteiger partial charge < -0.3 is 9.84 Å². The third-order valence-electron chi connectivity index (χ3n) is 3.95. The van der Waals surface area contributed by atoms with Crippen LogP contribution in [0.1, 0.15) is 22.8 Å². The molecule has 1 N–H and O–H groups in total. The maximum Gasteiger partial charge on any atom is 0.250 e. The summed E-state index contributed by atoms with van der Waals surface area (Å²) in [5, 5.41) is 8.40. The number of nitrogens with one attached hydrogen (secondary N) is 1. The summed E-state index contributed by atoms with van der Waals surface area (Å²) in [7, 11) is 2.08. The minimum atomic E-state index is 0. The van der Waals surface area contributed by atoms with Crippen LogP contribution in [0.2, 0.25) is 0 Å². The lowest BCUT2D eigenvalue weighted by atomic mass is 10.2. The Bertz CT molecular complexity index is 813. The largest absolute Gasteiger partial charge is 0.335 e. The smallest absolute Gasteiger partial charge is 0.250 e. The number of hydrogen-bond donors (Lipinski definition) is 1. The predicted molar refractivity (Wildman–Crippen MR) is 98.3 cm³/mol.